The number of hydrogen-bond donors (Lipinski definition) is 0. The standard InChI is InChI=1S/C14H18O2S/c15-14(12-7-3-1-4-8-12)11-17(16)13-9-5-2-6-10-13/h2,5-6,9-10,12H,1,3-4,7-8,11H2. The predicted octanol–water partition coefficient (Wildman–Crippen LogP) is 2.94. The van der Waals surface area contributed by atoms with E-state index in [4.69, 9.17) is 0 Å². The Hall–Kier alpha value is -0.960. The molecule has 0 aliphatic heterocycles. The van der Waals surface area contributed by atoms with Crippen LogP contribution in [0, 0.1) is 5.92 Å². The molecule has 1 aliphatic carbocycles. The molecule has 17 heavy (non-hydrogen) atoms. The molecule has 0 N–H and O–H groups in total. The van der Waals surface area contributed by atoms with Crippen LogP contribution in [0.3, 0.4) is 0 Å². The molecule has 1 atom stereocenters. The molecule has 2 nitrogen and oxygen atoms in total. The van der Waals surface area contributed by atoms with Crippen molar-refractivity contribution in [2.75, 3.05) is 5.75 Å². The van der Waals surface area contributed by atoms with E-state index in [0.717, 1.165) is 30.6 Å². The molecular formula is C14H18O2S. The van der Waals surface area contributed by atoms with Gasteiger partial charge in [0.2, 0.25) is 0 Å². The fourth-order valence-electron chi connectivity index (χ4n) is 2.33. The summed E-state index contributed by atoms with van der Waals surface area (Å²) in [6.45, 7) is 0. The normalized spacial score (nSPS) is 18.8. The van der Waals surface area contributed by atoms with Gasteiger partial charge in [-0.05, 0) is 25.0 Å². The fourth-order valence-corrected chi connectivity index (χ4v) is 3.45. The highest BCUT2D eigenvalue weighted by Gasteiger charge is 2.22. The molecule has 1 fully saturated rings. The minimum atomic E-state index is -1.16. The summed E-state index contributed by atoms with van der Waals surface area (Å²) >= 11 is 0. The Labute approximate surface area is 105 Å². The second-order valence-corrected chi connectivity index (χ2v) is 6.06. The van der Waals surface area contributed by atoms with Crippen LogP contribution in [0.4, 0.5) is 0 Å². The third-order valence-electron chi connectivity index (χ3n) is 3.34. The van der Waals surface area contributed by atoms with Gasteiger partial charge < -0.3 is 0 Å². The van der Waals surface area contributed by atoms with E-state index in [0.29, 0.717) is 0 Å². The van der Waals surface area contributed by atoms with Crippen molar-refractivity contribution in [2.24, 2.45) is 5.92 Å². The SMILES string of the molecule is O=C(CS(=O)c1ccccc1)C1CCCCC1. The Morgan fingerprint density at radius 1 is 1.12 bits per heavy atom. The van der Waals surface area contributed by atoms with Crippen LogP contribution in [-0.4, -0.2) is 15.7 Å². The predicted molar refractivity (Wildman–Crippen MR) is 69.3 cm³/mol. The Morgan fingerprint density at radius 2 is 1.76 bits per heavy atom. The number of benzene rings is 1. The Morgan fingerprint density at radius 3 is 2.41 bits per heavy atom. The summed E-state index contributed by atoms with van der Waals surface area (Å²) in [7, 11) is -1.16. The van der Waals surface area contributed by atoms with E-state index >= 15 is 0 Å². The van der Waals surface area contributed by atoms with Crippen molar-refractivity contribution in [2.45, 2.75) is 37.0 Å². The van der Waals surface area contributed by atoms with Crippen LogP contribution in [0.5, 0.6) is 0 Å². The van der Waals surface area contributed by atoms with Gasteiger partial charge in [0.05, 0.1) is 16.6 Å². The van der Waals surface area contributed by atoms with Crippen LogP contribution in [0.15, 0.2) is 35.2 Å². The highest BCUT2D eigenvalue weighted by atomic mass is 32.2. The van der Waals surface area contributed by atoms with Crippen molar-refractivity contribution >= 4 is 16.6 Å². The maximum absolute atomic E-state index is 12.0. The molecule has 3 heteroatoms. The highest BCUT2D eigenvalue weighted by molar-refractivity contribution is 7.85. The average Bonchev–Trinajstić information content (AvgIpc) is 2.40. The molecule has 0 saturated heterocycles. The summed E-state index contributed by atoms with van der Waals surface area (Å²) in [5.41, 5.74) is 0. The molecule has 0 radical (unpaired) electrons. The molecule has 0 heterocycles. The summed E-state index contributed by atoms with van der Waals surface area (Å²) in [6.07, 6.45) is 5.52. The lowest BCUT2D eigenvalue weighted by Crippen LogP contribution is -2.23. The van der Waals surface area contributed by atoms with E-state index in [9.17, 15) is 9.00 Å². The summed E-state index contributed by atoms with van der Waals surface area (Å²) in [6, 6.07) is 9.26. The first-order valence-electron chi connectivity index (χ1n) is 6.23. The van der Waals surface area contributed by atoms with Gasteiger partial charge in [-0.15, -0.1) is 0 Å². The molecule has 1 aromatic carbocycles. The van der Waals surface area contributed by atoms with Crippen LogP contribution < -0.4 is 0 Å². The largest absolute Gasteiger partial charge is 0.298 e. The smallest absolute Gasteiger partial charge is 0.148 e. The minimum absolute atomic E-state index is 0.163. The fraction of sp³-hybridized carbons (Fsp3) is 0.500. The number of carbonyl (C=O) groups excluding carboxylic acids is 1. The molecule has 1 aromatic rings. The molecule has 2 rings (SSSR count). The third kappa shape index (κ3) is 3.50. The minimum Gasteiger partial charge on any atom is -0.298 e. The molecule has 0 aromatic heterocycles. The molecule has 1 aliphatic rings. The van der Waals surface area contributed by atoms with Gasteiger partial charge in [-0.25, -0.2) is 0 Å². The molecule has 0 bridgehead atoms. The van der Waals surface area contributed by atoms with Crippen LogP contribution in [0.2, 0.25) is 0 Å². The number of hydrogen-bond acceptors (Lipinski definition) is 2. The number of ketones is 1. The van der Waals surface area contributed by atoms with E-state index in [2.05, 4.69) is 0 Å². The molecule has 1 saturated carbocycles. The van der Waals surface area contributed by atoms with E-state index in [-0.39, 0.29) is 17.5 Å². The van der Waals surface area contributed by atoms with Crippen LogP contribution >= 0.6 is 0 Å². The Bertz CT molecular complexity index is 394. The second-order valence-electron chi connectivity index (χ2n) is 4.60. The quantitative estimate of drug-likeness (QED) is 0.823. The van der Waals surface area contributed by atoms with Crippen molar-refractivity contribution in [1.29, 1.82) is 0 Å². The summed E-state index contributed by atoms with van der Waals surface area (Å²) in [5, 5.41) is 0. The Balaban J connectivity index is 1.92. The highest BCUT2D eigenvalue weighted by Crippen LogP contribution is 2.25. The maximum Gasteiger partial charge on any atom is 0.148 e. The van der Waals surface area contributed by atoms with Crippen LogP contribution in [0.25, 0.3) is 0 Å². The van der Waals surface area contributed by atoms with E-state index < -0.39 is 10.8 Å². The molecule has 0 spiro atoms. The lowest BCUT2D eigenvalue weighted by molar-refractivity contribution is -0.121. The van der Waals surface area contributed by atoms with Gasteiger partial charge in [0.1, 0.15) is 5.78 Å². The lowest BCUT2D eigenvalue weighted by atomic mass is 9.87. The zero-order valence-electron chi connectivity index (χ0n) is 9.93. The zero-order chi connectivity index (χ0) is 12.1. The van der Waals surface area contributed by atoms with Gasteiger partial charge in [0, 0.05) is 10.8 Å². The molecular weight excluding hydrogens is 232 g/mol. The summed E-state index contributed by atoms with van der Waals surface area (Å²) < 4.78 is 12.0. The van der Waals surface area contributed by atoms with Gasteiger partial charge in [0.15, 0.2) is 0 Å². The molecule has 1 unspecified atom stereocenters. The van der Waals surface area contributed by atoms with E-state index in [1.54, 1.807) is 0 Å². The number of Topliss-reactive ketones (excluding diaryl/α,β-unsaturated/α-hetero) is 1. The van der Waals surface area contributed by atoms with Crippen molar-refractivity contribution < 1.29 is 9.00 Å². The third-order valence-corrected chi connectivity index (χ3v) is 4.68. The van der Waals surface area contributed by atoms with Crippen LogP contribution in [-0.2, 0) is 15.6 Å². The monoisotopic (exact) mass is 250 g/mol. The Kier molecular flexibility index (Phi) is 4.49. The van der Waals surface area contributed by atoms with Crippen LogP contribution in [0.1, 0.15) is 32.1 Å². The first kappa shape index (κ1) is 12.5. The average molecular weight is 250 g/mol. The van der Waals surface area contributed by atoms with Crippen molar-refractivity contribution in [3.05, 3.63) is 30.3 Å². The van der Waals surface area contributed by atoms with Crippen molar-refractivity contribution in [3.63, 3.8) is 0 Å². The van der Waals surface area contributed by atoms with Crippen molar-refractivity contribution in [1.82, 2.24) is 0 Å². The van der Waals surface area contributed by atoms with Gasteiger partial charge in [-0.1, -0.05) is 37.5 Å². The van der Waals surface area contributed by atoms with Gasteiger partial charge in [0.25, 0.3) is 0 Å². The summed E-state index contributed by atoms with van der Waals surface area (Å²) in [4.78, 5) is 12.7. The first-order chi connectivity index (χ1) is 8.27. The zero-order valence-corrected chi connectivity index (χ0v) is 10.7. The van der Waals surface area contributed by atoms with Gasteiger partial charge in [-0.2, -0.15) is 0 Å². The number of carbonyl (C=O) groups is 1. The molecule has 0 amide bonds. The lowest BCUT2D eigenvalue weighted by Gasteiger charge is -2.19. The topological polar surface area (TPSA) is 34.1 Å². The number of rotatable bonds is 4. The van der Waals surface area contributed by atoms with Gasteiger partial charge >= 0.3 is 0 Å². The van der Waals surface area contributed by atoms with Crippen molar-refractivity contribution in [3.8, 4) is 0 Å². The molecule has 92 valence electrons. The summed E-state index contributed by atoms with van der Waals surface area (Å²) in [5.74, 6) is 0.539. The second kappa shape index (κ2) is 6.10. The first-order valence-corrected chi connectivity index (χ1v) is 7.55. The van der Waals surface area contributed by atoms with Gasteiger partial charge in [-0.3, -0.25) is 9.00 Å². The van der Waals surface area contributed by atoms with E-state index in [1.807, 2.05) is 30.3 Å². The maximum atomic E-state index is 12.0. The van der Waals surface area contributed by atoms with E-state index in [1.165, 1.54) is 6.42 Å².